The number of methoxy groups -OCH3 is 1. The van der Waals surface area contributed by atoms with Gasteiger partial charge in [0.1, 0.15) is 5.75 Å². The molecule has 3 rings (SSSR count). The first kappa shape index (κ1) is 15.3. The number of halogens is 3. The van der Waals surface area contributed by atoms with Gasteiger partial charge in [0, 0.05) is 18.0 Å². The molecule has 2 unspecified atom stereocenters. The van der Waals surface area contributed by atoms with Gasteiger partial charge >= 0.3 is 6.18 Å². The number of ether oxygens (including phenoxy) is 1. The molecule has 2 aliphatic heterocycles. The number of fused-ring (bicyclic) bond motifs is 2. The first-order valence-corrected chi connectivity index (χ1v) is 7.44. The molecule has 120 valence electrons. The molecule has 1 aromatic carbocycles. The van der Waals surface area contributed by atoms with Gasteiger partial charge in [-0.15, -0.1) is 0 Å². The summed E-state index contributed by atoms with van der Waals surface area (Å²) < 4.78 is 43.3. The second-order valence-corrected chi connectivity index (χ2v) is 6.08. The lowest BCUT2D eigenvalue weighted by Gasteiger charge is -2.28. The van der Waals surface area contributed by atoms with Gasteiger partial charge < -0.3 is 10.1 Å². The molecule has 0 spiro atoms. The Labute approximate surface area is 126 Å². The van der Waals surface area contributed by atoms with Crippen molar-refractivity contribution in [3.05, 3.63) is 29.3 Å². The van der Waals surface area contributed by atoms with Gasteiger partial charge in [0.15, 0.2) is 5.78 Å². The SMILES string of the molecule is COc1cc(C(F)(F)F)ccc1C(=O)C1CC2CCC(C1)N2. The first-order valence-electron chi connectivity index (χ1n) is 7.44. The van der Waals surface area contributed by atoms with Crippen LogP contribution in [-0.4, -0.2) is 25.0 Å². The minimum atomic E-state index is -4.44. The van der Waals surface area contributed by atoms with Crippen molar-refractivity contribution in [1.29, 1.82) is 0 Å². The van der Waals surface area contributed by atoms with Gasteiger partial charge in [0.25, 0.3) is 0 Å². The van der Waals surface area contributed by atoms with Crippen LogP contribution in [0.5, 0.6) is 5.75 Å². The van der Waals surface area contributed by atoms with Crippen molar-refractivity contribution in [3.8, 4) is 5.75 Å². The lowest BCUT2D eigenvalue weighted by Crippen LogP contribution is -2.40. The topological polar surface area (TPSA) is 38.3 Å². The van der Waals surface area contributed by atoms with Crippen LogP contribution in [0.4, 0.5) is 13.2 Å². The summed E-state index contributed by atoms with van der Waals surface area (Å²) in [6.07, 6.45) is -0.807. The Hall–Kier alpha value is -1.56. The fourth-order valence-electron chi connectivity index (χ4n) is 3.56. The number of hydrogen-bond donors (Lipinski definition) is 1. The van der Waals surface area contributed by atoms with E-state index in [4.69, 9.17) is 4.74 Å². The van der Waals surface area contributed by atoms with E-state index in [9.17, 15) is 18.0 Å². The highest BCUT2D eigenvalue weighted by Crippen LogP contribution is 2.37. The van der Waals surface area contributed by atoms with Crippen LogP contribution in [0, 0.1) is 5.92 Å². The molecule has 2 atom stereocenters. The van der Waals surface area contributed by atoms with Crippen LogP contribution < -0.4 is 10.1 Å². The summed E-state index contributed by atoms with van der Waals surface area (Å²) in [5.74, 6) is -0.237. The van der Waals surface area contributed by atoms with E-state index in [0.717, 1.165) is 37.8 Å². The smallest absolute Gasteiger partial charge is 0.416 e. The van der Waals surface area contributed by atoms with E-state index in [0.29, 0.717) is 12.1 Å². The minimum Gasteiger partial charge on any atom is -0.496 e. The Morgan fingerprint density at radius 3 is 2.41 bits per heavy atom. The highest BCUT2D eigenvalue weighted by Gasteiger charge is 2.38. The third kappa shape index (κ3) is 2.84. The van der Waals surface area contributed by atoms with Crippen LogP contribution in [-0.2, 0) is 6.18 Å². The Morgan fingerprint density at radius 1 is 1.23 bits per heavy atom. The van der Waals surface area contributed by atoms with Crippen molar-refractivity contribution in [3.63, 3.8) is 0 Å². The molecular formula is C16H18F3NO2. The zero-order valence-electron chi connectivity index (χ0n) is 12.2. The zero-order valence-corrected chi connectivity index (χ0v) is 12.2. The molecule has 0 aliphatic carbocycles. The average molecular weight is 313 g/mol. The zero-order chi connectivity index (χ0) is 15.9. The van der Waals surface area contributed by atoms with Crippen LogP contribution in [0.15, 0.2) is 18.2 Å². The number of alkyl halides is 3. The number of carbonyl (C=O) groups is 1. The molecule has 2 bridgehead atoms. The van der Waals surface area contributed by atoms with Crippen LogP contribution in [0.1, 0.15) is 41.6 Å². The van der Waals surface area contributed by atoms with E-state index >= 15 is 0 Å². The Kier molecular flexibility index (Phi) is 3.89. The molecular weight excluding hydrogens is 295 g/mol. The second kappa shape index (κ2) is 5.57. The summed E-state index contributed by atoms with van der Waals surface area (Å²) in [5, 5.41) is 3.45. The minimum absolute atomic E-state index is 0.00528. The van der Waals surface area contributed by atoms with Crippen LogP contribution in [0.3, 0.4) is 0 Å². The van der Waals surface area contributed by atoms with Gasteiger partial charge in [-0.25, -0.2) is 0 Å². The number of Topliss-reactive ketones (excluding diaryl/α,β-unsaturated/α-hetero) is 1. The molecule has 0 aromatic heterocycles. The van der Waals surface area contributed by atoms with E-state index in [1.165, 1.54) is 13.2 Å². The number of ketones is 1. The Balaban J connectivity index is 1.86. The van der Waals surface area contributed by atoms with Crippen molar-refractivity contribution >= 4 is 5.78 Å². The highest BCUT2D eigenvalue weighted by molar-refractivity contribution is 6.00. The molecule has 0 saturated carbocycles. The molecule has 22 heavy (non-hydrogen) atoms. The quantitative estimate of drug-likeness (QED) is 0.869. The molecule has 2 heterocycles. The third-order valence-electron chi connectivity index (χ3n) is 4.64. The monoisotopic (exact) mass is 313 g/mol. The first-order chi connectivity index (χ1) is 10.4. The molecule has 1 aromatic rings. The van der Waals surface area contributed by atoms with Crippen molar-refractivity contribution in [2.24, 2.45) is 5.92 Å². The number of benzene rings is 1. The van der Waals surface area contributed by atoms with Crippen molar-refractivity contribution < 1.29 is 22.7 Å². The molecule has 2 fully saturated rings. The number of carbonyl (C=O) groups excluding carboxylic acids is 1. The number of rotatable bonds is 3. The van der Waals surface area contributed by atoms with E-state index in [1.54, 1.807) is 0 Å². The third-order valence-corrected chi connectivity index (χ3v) is 4.64. The number of piperidine rings is 1. The highest BCUT2D eigenvalue weighted by atomic mass is 19.4. The van der Waals surface area contributed by atoms with Crippen LogP contribution in [0.2, 0.25) is 0 Å². The van der Waals surface area contributed by atoms with E-state index in [2.05, 4.69) is 5.32 Å². The predicted molar refractivity (Wildman–Crippen MR) is 75.0 cm³/mol. The van der Waals surface area contributed by atoms with Gasteiger partial charge in [0.2, 0.25) is 0 Å². The summed E-state index contributed by atoms with van der Waals surface area (Å²) in [6, 6.07) is 3.81. The van der Waals surface area contributed by atoms with Crippen molar-refractivity contribution in [2.45, 2.75) is 43.9 Å². The van der Waals surface area contributed by atoms with E-state index in [-0.39, 0.29) is 23.0 Å². The van der Waals surface area contributed by atoms with Gasteiger partial charge in [-0.2, -0.15) is 13.2 Å². The van der Waals surface area contributed by atoms with Crippen molar-refractivity contribution in [2.75, 3.05) is 7.11 Å². The Bertz CT molecular complexity index is 573. The molecule has 0 amide bonds. The summed E-state index contributed by atoms with van der Waals surface area (Å²) in [7, 11) is 1.29. The Morgan fingerprint density at radius 2 is 1.86 bits per heavy atom. The maximum absolute atomic E-state index is 12.8. The van der Waals surface area contributed by atoms with E-state index < -0.39 is 11.7 Å². The molecule has 0 radical (unpaired) electrons. The fraction of sp³-hybridized carbons (Fsp3) is 0.562. The van der Waals surface area contributed by atoms with Gasteiger partial charge in [0.05, 0.1) is 18.2 Å². The molecule has 2 aliphatic rings. The van der Waals surface area contributed by atoms with E-state index in [1.807, 2.05) is 0 Å². The van der Waals surface area contributed by atoms with Crippen molar-refractivity contribution in [1.82, 2.24) is 5.32 Å². The summed E-state index contributed by atoms with van der Waals surface area (Å²) in [6.45, 7) is 0. The average Bonchev–Trinajstić information content (AvgIpc) is 2.83. The van der Waals surface area contributed by atoms with Gasteiger partial charge in [-0.1, -0.05) is 0 Å². The lowest BCUT2D eigenvalue weighted by atomic mass is 9.85. The standard InChI is InChI=1S/C16H18F3NO2/c1-22-14-8-10(16(17,18)19)2-5-13(14)15(21)9-6-11-3-4-12(7-9)20-11/h2,5,8-9,11-12,20H,3-4,6-7H2,1H3. The fourth-order valence-corrected chi connectivity index (χ4v) is 3.56. The van der Waals surface area contributed by atoms with Crippen LogP contribution in [0.25, 0.3) is 0 Å². The normalized spacial score (nSPS) is 27.7. The predicted octanol–water partition coefficient (Wildman–Crippen LogP) is 3.43. The molecule has 2 saturated heterocycles. The maximum Gasteiger partial charge on any atom is 0.416 e. The molecule has 1 N–H and O–H groups in total. The second-order valence-electron chi connectivity index (χ2n) is 6.08. The lowest BCUT2D eigenvalue weighted by molar-refractivity contribution is -0.137. The summed E-state index contributed by atoms with van der Waals surface area (Å²) >= 11 is 0. The van der Waals surface area contributed by atoms with Gasteiger partial charge in [-0.3, -0.25) is 4.79 Å². The molecule has 6 heteroatoms. The summed E-state index contributed by atoms with van der Waals surface area (Å²) in [4.78, 5) is 12.7. The number of nitrogens with one attached hydrogen (secondary N) is 1. The van der Waals surface area contributed by atoms with Crippen LogP contribution >= 0.6 is 0 Å². The van der Waals surface area contributed by atoms with Gasteiger partial charge in [-0.05, 0) is 43.9 Å². The number of hydrogen-bond acceptors (Lipinski definition) is 3. The summed E-state index contributed by atoms with van der Waals surface area (Å²) in [5.41, 5.74) is -0.548. The maximum atomic E-state index is 12.8. The molecule has 3 nitrogen and oxygen atoms in total. The largest absolute Gasteiger partial charge is 0.496 e.